The molecule has 180 valence electrons. The van der Waals surface area contributed by atoms with Crippen LogP contribution in [0.3, 0.4) is 0 Å². The fourth-order valence-electron chi connectivity index (χ4n) is 4.46. The molecular formula is C30H31NO4. The fourth-order valence-corrected chi connectivity index (χ4v) is 4.46. The van der Waals surface area contributed by atoms with Gasteiger partial charge in [0, 0.05) is 22.4 Å². The Labute approximate surface area is 206 Å². The number of phenolic OH excluding ortho intramolecular Hbond substituents is 3. The van der Waals surface area contributed by atoms with Crippen LogP contribution in [0.1, 0.15) is 33.4 Å². The Morgan fingerprint density at radius 1 is 0.514 bits per heavy atom. The molecule has 0 radical (unpaired) electrons. The molecule has 5 heteroatoms. The summed E-state index contributed by atoms with van der Waals surface area (Å²) < 4.78 is 6.14. The van der Waals surface area contributed by atoms with E-state index in [0.29, 0.717) is 17.1 Å². The molecule has 35 heavy (non-hydrogen) atoms. The van der Waals surface area contributed by atoms with E-state index in [0.717, 1.165) is 44.9 Å². The summed E-state index contributed by atoms with van der Waals surface area (Å²) in [7, 11) is 0. The SMILES string of the molecule is Cc1ccc(O)c(C)c1Oc1ccc(N(c2c(C)ccc(O)c2C)c2c(C)ccc(O)c2C)cc1. The van der Waals surface area contributed by atoms with Crippen LogP contribution in [0.4, 0.5) is 17.1 Å². The van der Waals surface area contributed by atoms with Crippen LogP contribution in [0.5, 0.6) is 28.7 Å². The summed E-state index contributed by atoms with van der Waals surface area (Å²) in [4.78, 5) is 2.07. The summed E-state index contributed by atoms with van der Waals surface area (Å²) in [6, 6.07) is 18.3. The molecule has 0 atom stereocenters. The van der Waals surface area contributed by atoms with Gasteiger partial charge in [0.25, 0.3) is 0 Å². The molecule has 4 rings (SSSR count). The van der Waals surface area contributed by atoms with Crippen molar-refractivity contribution in [3.63, 3.8) is 0 Å². The number of phenols is 3. The minimum Gasteiger partial charge on any atom is -0.508 e. The minimum absolute atomic E-state index is 0.193. The molecule has 0 aliphatic heterocycles. The number of rotatable bonds is 5. The first-order valence-corrected chi connectivity index (χ1v) is 11.6. The lowest BCUT2D eigenvalue weighted by Crippen LogP contribution is -2.15. The molecule has 5 nitrogen and oxygen atoms in total. The highest BCUT2D eigenvalue weighted by atomic mass is 16.5. The van der Waals surface area contributed by atoms with E-state index in [4.69, 9.17) is 4.74 Å². The van der Waals surface area contributed by atoms with Gasteiger partial charge in [-0.05, 0) is 101 Å². The molecule has 0 saturated heterocycles. The zero-order valence-corrected chi connectivity index (χ0v) is 21.0. The summed E-state index contributed by atoms with van der Waals surface area (Å²) in [5, 5.41) is 31.1. The molecule has 0 aliphatic carbocycles. The van der Waals surface area contributed by atoms with Crippen molar-refractivity contribution >= 4 is 17.1 Å². The van der Waals surface area contributed by atoms with E-state index in [1.54, 1.807) is 18.2 Å². The number of hydrogen-bond acceptors (Lipinski definition) is 5. The summed E-state index contributed by atoms with van der Waals surface area (Å²) in [5.41, 5.74) is 7.68. The van der Waals surface area contributed by atoms with Crippen LogP contribution in [0.25, 0.3) is 0 Å². The topological polar surface area (TPSA) is 73.2 Å². The van der Waals surface area contributed by atoms with Crippen molar-refractivity contribution in [3.8, 4) is 28.7 Å². The molecular weight excluding hydrogens is 438 g/mol. The van der Waals surface area contributed by atoms with Crippen LogP contribution in [0.2, 0.25) is 0 Å². The van der Waals surface area contributed by atoms with E-state index in [-0.39, 0.29) is 17.2 Å². The predicted octanol–water partition coefficient (Wildman–Crippen LogP) is 7.92. The van der Waals surface area contributed by atoms with E-state index >= 15 is 0 Å². The quantitative estimate of drug-likeness (QED) is 0.277. The van der Waals surface area contributed by atoms with Gasteiger partial charge in [-0.1, -0.05) is 18.2 Å². The van der Waals surface area contributed by atoms with Crippen molar-refractivity contribution in [2.24, 2.45) is 0 Å². The number of anilines is 3. The lowest BCUT2D eigenvalue weighted by molar-refractivity contribution is 0.446. The zero-order chi connectivity index (χ0) is 25.4. The number of ether oxygens (including phenoxy) is 1. The molecule has 3 N–H and O–H groups in total. The van der Waals surface area contributed by atoms with Crippen molar-refractivity contribution in [2.75, 3.05) is 4.90 Å². The number of nitrogens with zero attached hydrogens (tertiary/aromatic N) is 1. The van der Waals surface area contributed by atoms with Crippen molar-refractivity contribution in [1.29, 1.82) is 0 Å². The van der Waals surface area contributed by atoms with Crippen molar-refractivity contribution in [3.05, 3.63) is 94.0 Å². The summed E-state index contributed by atoms with van der Waals surface area (Å²) in [6.07, 6.45) is 0. The van der Waals surface area contributed by atoms with Crippen LogP contribution in [0.15, 0.2) is 60.7 Å². The van der Waals surface area contributed by atoms with Crippen molar-refractivity contribution in [2.45, 2.75) is 41.5 Å². The molecule has 0 spiro atoms. The highest BCUT2D eigenvalue weighted by Gasteiger charge is 2.23. The molecule has 4 aromatic carbocycles. The van der Waals surface area contributed by atoms with Crippen LogP contribution < -0.4 is 9.64 Å². The van der Waals surface area contributed by atoms with Gasteiger partial charge in [0.2, 0.25) is 0 Å². The molecule has 0 bridgehead atoms. The van der Waals surface area contributed by atoms with Gasteiger partial charge in [-0.25, -0.2) is 0 Å². The highest BCUT2D eigenvalue weighted by Crippen LogP contribution is 2.46. The van der Waals surface area contributed by atoms with Crippen LogP contribution in [-0.4, -0.2) is 15.3 Å². The Bertz CT molecular complexity index is 1350. The van der Waals surface area contributed by atoms with Gasteiger partial charge in [0.05, 0.1) is 11.4 Å². The predicted molar refractivity (Wildman–Crippen MR) is 141 cm³/mol. The first-order valence-electron chi connectivity index (χ1n) is 11.6. The fraction of sp³-hybridized carbons (Fsp3) is 0.200. The third kappa shape index (κ3) is 4.37. The molecule has 0 saturated carbocycles. The van der Waals surface area contributed by atoms with E-state index in [2.05, 4.69) is 4.90 Å². The van der Waals surface area contributed by atoms with E-state index in [1.165, 1.54) is 0 Å². The number of benzene rings is 4. The van der Waals surface area contributed by atoms with E-state index < -0.39 is 0 Å². The van der Waals surface area contributed by atoms with Gasteiger partial charge >= 0.3 is 0 Å². The molecule has 0 aromatic heterocycles. The Hall–Kier alpha value is -4.12. The summed E-state index contributed by atoms with van der Waals surface area (Å²) >= 11 is 0. The Kier molecular flexibility index (Phi) is 6.35. The van der Waals surface area contributed by atoms with E-state index in [1.807, 2.05) is 84.0 Å². The maximum absolute atomic E-state index is 10.5. The minimum atomic E-state index is 0.193. The van der Waals surface area contributed by atoms with Gasteiger partial charge in [0.15, 0.2) is 0 Å². The second-order valence-corrected chi connectivity index (χ2v) is 9.04. The largest absolute Gasteiger partial charge is 0.508 e. The summed E-state index contributed by atoms with van der Waals surface area (Å²) in [6.45, 7) is 11.6. The standard InChI is InChI=1S/C30H31NO4/c1-17-7-14-25(32)20(4)28(17)31(29-18(2)8-15-26(33)21(29)5)23-10-12-24(13-11-23)35-30-19(3)9-16-27(34)22(30)6/h7-16,32-34H,1-6H3. The average Bonchev–Trinajstić information content (AvgIpc) is 2.84. The molecule has 0 unspecified atom stereocenters. The maximum atomic E-state index is 10.5. The van der Waals surface area contributed by atoms with E-state index in [9.17, 15) is 15.3 Å². The second kappa shape index (κ2) is 9.26. The van der Waals surface area contributed by atoms with Gasteiger partial charge in [-0.3, -0.25) is 0 Å². The third-order valence-corrected chi connectivity index (χ3v) is 6.54. The first kappa shape index (κ1) is 24.0. The number of aromatic hydroxyl groups is 3. The third-order valence-electron chi connectivity index (χ3n) is 6.54. The monoisotopic (exact) mass is 469 g/mol. The molecule has 0 aliphatic rings. The number of hydrogen-bond donors (Lipinski definition) is 3. The molecule has 0 fully saturated rings. The normalized spacial score (nSPS) is 10.9. The number of aryl methyl sites for hydroxylation is 3. The molecule has 4 aromatic rings. The Balaban J connectivity index is 1.86. The van der Waals surface area contributed by atoms with Gasteiger partial charge < -0.3 is 25.0 Å². The lowest BCUT2D eigenvalue weighted by Gasteiger charge is -2.32. The summed E-state index contributed by atoms with van der Waals surface area (Å²) in [5.74, 6) is 1.88. The maximum Gasteiger partial charge on any atom is 0.136 e. The van der Waals surface area contributed by atoms with Crippen LogP contribution in [0, 0.1) is 41.5 Å². The Morgan fingerprint density at radius 3 is 1.43 bits per heavy atom. The van der Waals surface area contributed by atoms with Gasteiger partial charge in [-0.15, -0.1) is 0 Å². The lowest BCUT2D eigenvalue weighted by atomic mass is 10.0. The highest BCUT2D eigenvalue weighted by molar-refractivity contribution is 5.85. The van der Waals surface area contributed by atoms with Crippen molar-refractivity contribution in [1.82, 2.24) is 0 Å². The first-order chi connectivity index (χ1) is 16.6. The molecule has 0 amide bonds. The van der Waals surface area contributed by atoms with Gasteiger partial charge in [0.1, 0.15) is 28.7 Å². The van der Waals surface area contributed by atoms with Crippen LogP contribution in [-0.2, 0) is 0 Å². The average molecular weight is 470 g/mol. The smallest absolute Gasteiger partial charge is 0.136 e. The van der Waals surface area contributed by atoms with Crippen LogP contribution >= 0.6 is 0 Å². The van der Waals surface area contributed by atoms with Crippen molar-refractivity contribution < 1.29 is 20.1 Å². The Morgan fingerprint density at radius 2 is 0.943 bits per heavy atom. The zero-order valence-electron chi connectivity index (χ0n) is 21.0. The second-order valence-electron chi connectivity index (χ2n) is 9.04. The molecule has 0 heterocycles. The van der Waals surface area contributed by atoms with Gasteiger partial charge in [-0.2, -0.15) is 0 Å².